The molecule has 16 heavy (non-hydrogen) atoms. The number of nitrogens with zero attached hydrogens (tertiary/aromatic N) is 1. The molecule has 0 aliphatic carbocycles. The van der Waals surface area contributed by atoms with E-state index < -0.39 is 42.7 Å². The van der Waals surface area contributed by atoms with Crippen molar-refractivity contribution < 1.29 is 11.0 Å². The molecule has 0 radical (unpaired) electrons. The van der Waals surface area contributed by atoms with Crippen LogP contribution >= 0.6 is 0 Å². The molecule has 2 aromatic rings. The Balaban J connectivity index is 2.09. The van der Waals surface area contributed by atoms with Crippen LogP contribution in [0.1, 0.15) is 28.1 Å². The molecular weight excluding hydrogens is 194 g/mol. The summed E-state index contributed by atoms with van der Waals surface area (Å²) in [5, 5.41) is 0. The molecule has 1 fully saturated rings. The highest BCUT2D eigenvalue weighted by Crippen LogP contribution is 2.35. The molecule has 80 valence electrons. The molecular formula is C15H15N. The van der Waals surface area contributed by atoms with Crippen LogP contribution in [-0.4, -0.2) is 11.4 Å². The Bertz CT molecular complexity index is 778. The molecule has 0 N–H and O–H groups in total. The van der Waals surface area contributed by atoms with Gasteiger partial charge in [-0.15, -0.1) is 0 Å². The van der Waals surface area contributed by atoms with Crippen LogP contribution in [0.5, 0.6) is 0 Å². The van der Waals surface area contributed by atoms with Crippen molar-refractivity contribution in [3.63, 3.8) is 0 Å². The number of benzene rings is 2. The van der Waals surface area contributed by atoms with Crippen LogP contribution in [0, 0.1) is 0 Å². The summed E-state index contributed by atoms with van der Waals surface area (Å²) in [4.78, 5) is 1.18. The average molecular weight is 217 g/mol. The Morgan fingerprint density at radius 1 is 1.25 bits per heavy atom. The predicted octanol–water partition coefficient (Wildman–Crippen LogP) is 3.24. The number of hydrogen-bond acceptors (Lipinski definition) is 1. The maximum absolute atomic E-state index is 8.52. The summed E-state index contributed by atoms with van der Waals surface area (Å²) >= 11 is 0. The van der Waals surface area contributed by atoms with Crippen LogP contribution in [0.4, 0.5) is 0 Å². The van der Waals surface area contributed by atoms with Crippen LogP contribution in [0.25, 0.3) is 0 Å². The minimum Gasteiger partial charge on any atom is -0.289 e. The van der Waals surface area contributed by atoms with Gasteiger partial charge in [0.25, 0.3) is 0 Å². The molecule has 2 aromatic carbocycles. The molecule has 0 saturated carbocycles. The summed E-state index contributed by atoms with van der Waals surface area (Å²) in [6, 6.07) is 4.25. The van der Waals surface area contributed by atoms with Crippen LogP contribution in [0.3, 0.4) is 0 Å². The average Bonchev–Trinajstić information content (AvgIpc) is 2.97. The van der Waals surface area contributed by atoms with Crippen molar-refractivity contribution in [2.75, 3.05) is 6.50 Å². The van der Waals surface area contributed by atoms with Gasteiger partial charge in [-0.1, -0.05) is 60.5 Å². The zero-order valence-electron chi connectivity index (χ0n) is 16.5. The molecule has 1 heterocycles. The highest BCUT2D eigenvalue weighted by molar-refractivity contribution is 5.25. The van der Waals surface area contributed by atoms with E-state index in [1.54, 1.807) is 24.3 Å². The third-order valence-electron chi connectivity index (χ3n) is 2.38. The van der Waals surface area contributed by atoms with Gasteiger partial charge in [0, 0.05) is 21.8 Å². The summed E-state index contributed by atoms with van der Waals surface area (Å²) in [6.45, 7) is -2.02. The summed E-state index contributed by atoms with van der Waals surface area (Å²) in [6.07, 6.45) is 0. The largest absolute Gasteiger partial charge is 0.289 e. The molecule has 1 aliphatic heterocycles. The van der Waals surface area contributed by atoms with Gasteiger partial charge >= 0.3 is 0 Å². The molecule has 0 bridgehead atoms. The van der Waals surface area contributed by atoms with E-state index in [1.165, 1.54) is 4.90 Å². The fourth-order valence-corrected chi connectivity index (χ4v) is 1.55. The van der Waals surface area contributed by atoms with Crippen molar-refractivity contribution in [2.24, 2.45) is 0 Å². The normalized spacial score (nSPS) is 37.9. The summed E-state index contributed by atoms with van der Waals surface area (Å²) in [5.41, 5.74) is 0.456. The van der Waals surface area contributed by atoms with Crippen LogP contribution < -0.4 is 0 Å². The Labute approximate surface area is 108 Å². The van der Waals surface area contributed by atoms with E-state index in [0.717, 1.165) is 5.56 Å². The third-order valence-corrected chi connectivity index (χ3v) is 2.38. The van der Waals surface area contributed by atoms with Gasteiger partial charge in [0.1, 0.15) is 0 Å². The van der Waals surface area contributed by atoms with E-state index in [-0.39, 0.29) is 12.1 Å². The summed E-state index contributed by atoms with van der Waals surface area (Å²) in [7, 11) is 0. The lowest BCUT2D eigenvalue weighted by atomic mass is 10.1. The van der Waals surface area contributed by atoms with Gasteiger partial charge in [0.2, 0.25) is 0 Å². The van der Waals surface area contributed by atoms with Crippen LogP contribution in [0.15, 0.2) is 60.5 Å². The molecule has 1 nitrogen and oxygen atoms in total. The van der Waals surface area contributed by atoms with Crippen LogP contribution in [0.2, 0.25) is 0 Å². The van der Waals surface area contributed by atoms with E-state index in [2.05, 4.69) is 0 Å². The fourth-order valence-electron chi connectivity index (χ4n) is 1.55. The molecule has 0 spiro atoms. The Morgan fingerprint density at radius 3 is 2.75 bits per heavy atom. The maximum atomic E-state index is 8.52. The second-order valence-electron chi connectivity index (χ2n) is 3.53. The van der Waals surface area contributed by atoms with Crippen molar-refractivity contribution in [1.82, 2.24) is 4.90 Å². The van der Waals surface area contributed by atoms with Gasteiger partial charge in [-0.2, -0.15) is 0 Å². The van der Waals surface area contributed by atoms with E-state index in [0.29, 0.717) is 0 Å². The second kappa shape index (κ2) is 4.11. The molecule has 0 amide bonds. The molecule has 2 unspecified atom stereocenters. The number of rotatable bonds is 3. The molecule has 1 aliphatic rings. The SMILES string of the molecule is [2H]c1c([2H])c([2H])c(C2([2H])N(Cc3ccccc3)C2([2H])[2H])c([2H])c1[2H]. The van der Waals surface area contributed by atoms with Gasteiger partial charge in [-0.25, -0.2) is 0 Å². The first kappa shape index (κ1) is 4.34. The first-order valence-electron chi connectivity index (χ1n) is 9.03. The maximum Gasteiger partial charge on any atom is 0.0626 e. The van der Waals surface area contributed by atoms with E-state index >= 15 is 0 Å². The molecule has 1 heteroatoms. The summed E-state index contributed by atoms with van der Waals surface area (Å²) < 4.78 is 63.8. The minimum absolute atomic E-state index is 0.111. The van der Waals surface area contributed by atoms with Gasteiger partial charge in [-0.3, -0.25) is 4.90 Å². The highest BCUT2D eigenvalue weighted by atomic mass is 15.3. The van der Waals surface area contributed by atoms with Gasteiger partial charge < -0.3 is 0 Å². The van der Waals surface area contributed by atoms with E-state index in [9.17, 15) is 0 Å². The standard InChI is InChI=1S/C15H15N/c1-3-7-13(8-4-1)11-16-12-15(16)14-9-5-2-6-10-14/h1-10,15H,11-12H2/i2D,5D,6D,9D,10D,12D2,15D. The molecule has 1 saturated heterocycles. The van der Waals surface area contributed by atoms with Crippen molar-refractivity contribution >= 4 is 0 Å². The molecule has 3 rings (SSSR count). The van der Waals surface area contributed by atoms with E-state index in [4.69, 9.17) is 11.0 Å². The molecule has 0 aromatic heterocycles. The number of hydrogen-bond donors (Lipinski definition) is 0. The zero-order valence-corrected chi connectivity index (χ0v) is 8.54. The monoisotopic (exact) mass is 217 g/mol. The highest BCUT2D eigenvalue weighted by Gasteiger charge is 2.34. The Hall–Kier alpha value is -1.60. The van der Waals surface area contributed by atoms with Gasteiger partial charge in [-0.05, 0) is 11.1 Å². The predicted molar refractivity (Wildman–Crippen MR) is 66.0 cm³/mol. The first-order chi connectivity index (χ1) is 11.1. The lowest BCUT2D eigenvalue weighted by molar-refractivity contribution is 0.509. The van der Waals surface area contributed by atoms with Crippen molar-refractivity contribution in [1.29, 1.82) is 0 Å². The zero-order chi connectivity index (χ0) is 17.9. The Morgan fingerprint density at radius 2 is 2.00 bits per heavy atom. The lowest BCUT2D eigenvalue weighted by Crippen LogP contribution is -1.98. The third kappa shape index (κ3) is 2.00. The Kier molecular flexibility index (Phi) is 1.11. The van der Waals surface area contributed by atoms with E-state index in [1.807, 2.05) is 6.07 Å². The van der Waals surface area contributed by atoms with Gasteiger partial charge in [0.05, 0.1) is 8.22 Å². The minimum atomic E-state index is -2.13. The molecule has 2 atom stereocenters. The van der Waals surface area contributed by atoms with Crippen molar-refractivity contribution in [3.05, 3.63) is 71.7 Å². The van der Waals surface area contributed by atoms with Gasteiger partial charge in [0.15, 0.2) is 0 Å². The quantitative estimate of drug-likeness (QED) is 0.713. The van der Waals surface area contributed by atoms with Crippen LogP contribution in [-0.2, 0) is 6.54 Å². The smallest absolute Gasteiger partial charge is 0.0626 e. The topological polar surface area (TPSA) is 3.01 Å². The first-order valence-corrected chi connectivity index (χ1v) is 5.03. The lowest BCUT2D eigenvalue weighted by Gasteiger charge is -2.03. The van der Waals surface area contributed by atoms with Crippen molar-refractivity contribution in [3.8, 4) is 0 Å². The summed E-state index contributed by atoms with van der Waals surface area (Å²) in [5.74, 6) is 0. The second-order valence-corrected chi connectivity index (χ2v) is 3.53. The van der Waals surface area contributed by atoms with Crippen molar-refractivity contribution in [2.45, 2.75) is 12.6 Å². The fraction of sp³-hybridized carbons (Fsp3) is 0.200.